The SMILES string of the molecule is COc1ccc(/C=C\[S@@](=O)c2ccccc2)cc1. The lowest BCUT2D eigenvalue weighted by atomic mass is 10.2. The van der Waals surface area contributed by atoms with E-state index in [2.05, 4.69) is 0 Å². The molecule has 0 amide bonds. The molecule has 18 heavy (non-hydrogen) atoms. The first kappa shape index (κ1) is 12.6. The van der Waals surface area contributed by atoms with Crippen LogP contribution in [0.4, 0.5) is 0 Å². The lowest BCUT2D eigenvalue weighted by Crippen LogP contribution is -1.85. The van der Waals surface area contributed by atoms with Crippen molar-refractivity contribution < 1.29 is 8.95 Å². The van der Waals surface area contributed by atoms with Gasteiger partial charge < -0.3 is 4.74 Å². The van der Waals surface area contributed by atoms with Crippen LogP contribution in [0.1, 0.15) is 5.56 Å². The molecule has 2 rings (SSSR count). The van der Waals surface area contributed by atoms with E-state index in [-0.39, 0.29) is 0 Å². The zero-order valence-corrected chi connectivity index (χ0v) is 10.9. The summed E-state index contributed by atoms with van der Waals surface area (Å²) < 4.78 is 17.0. The van der Waals surface area contributed by atoms with Gasteiger partial charge in [-0.1, -0.05) is 30.3 Å². The highest BCUT2D eigenvalue weighted by Crippen LogP contribution is 2.14. The van der Waals surface area contributed by atoms with Gasteiger partial charge in [0, 0.05) is 10.3 Å². The van der Waals surface area contributed by atoms with Crippen LogP contribution in [0.15, 0.2) is 64.9 Å². The van der Waals surface area contributed by atoms with Gasteiger partial charge in [0.25, 0.3) is 0 Å². The molecule has 0 aromatic heterocycles. The van der Waals surface area contributed by atoms with E-state index in [1.165, 1.54) is 0 Å². The molecule has 2 aromatic carbocycles. The fourth-order valence-electron chi connectivity index (χ4n) is 1.49. The van der Waals surface area contributed by atoms with Crippen molar-refractivity contribution in [3.05, 3.63) is 65.6 Å². The fourth-order valence-corrected chi connectivity index (χ4v) is 2.35. The van der Waals surface area contributed by atoms with Crippen molar-refractivity contribution in [3.8, 4) is 5.75 Å². The Hall–Kier alpha value is -1.87. The summed E-state index contributed by atoms with van der Waals surface area (Å²) in [6.07, 6.45) is 1.85. The molecule has 0 bridgehead atoms. The van der Waals surface area contributed by atoms with Crippen LogP contribution in [-0.2, 0) is 10.8 Å². The summed E-state index contributed by atoms with van der Waals surface area (Å²) in [5.41, 5.74) is 1.00. The lowest BCUT2D eigenvalue weighted by Gasteiger charge is -1.99. The molecule has 0 saturated heterocycles. The minimum Gasteiger partial charge on any atom is -0.497 e. The minimum atomic E-state index is -1.10. The third-order valence-electron chi connectivity index (χ3n) is 2.48. The third kappa shape index (κ3) is 3.31. The summed E-state index contributed by atoms with van der Waals surface area (Å²) in [5.74, 6) is 0.816. The average molecular weight is 258 g/mol. The highest BCUT2D eigenvalue weighted by molar-refractivity contribution is 7.88. The van der Waals surface area contributed by atoms with Gasteiger partial charge in [0.2, 0.25) is 0 Å². The molecule has 0 aliphatic rings. The number of hydrogen-bond acceptors (Lipinski definition) is 2. The lowest BCUT2D eigenvalue weighted by molar-refractivity contribution is 0.415. The summed E-state index contributed by atoms with van der Waals surface area (Å²) in [4.78, 5) is 0.808. The van der Waals surface area contributed by atoms with Crippen LogP contribution in [0.25, 0.3) is 6.08 Å². The van der Waals surface area contributed by atoms with E-state index in [1.54, 1.807) is 12.5 Å². The molecule has 92 valence electrons. The first-order valence-electron chi connectivity index (χ1n) is 5.57. The van der Waals surface area contributed by atoms with Crippen molar-refractivity contribution in [3.63, 3.8) is 0 Å². The van der Waals surface area contributed by atoms with E-state index in [1.807, 2.05) is 60.7 Å². The molecule has 0 saturated carbocycles. The van der Waals surface area contributed by atoms with E-state index >= 15 is 0 Å². The molecule has 0 aliphatic carbocycles. The number of rotatable bonds is 4. The monoisotopic (exact) mass is 258 g/mol. The topological polar surface area (TPSA) is 26.3 Å². The predicted octanol–water partition coefficient (Wildman–Crippen LogP) is 3.47. The van der Waals surface area contributed by atoms with Gasteiger partial charge in [-0.15, -0.1) is 0 Å². The highest BCUT2D eigenvalue weighted by atomic mass is 32.2. The summed E-state index contributed by atoms with van der Waals surface area (Å²) in [7, 11) is 0.531. The second kappa shape index (κ2) is 6.17. The number of ether oxygens (including phenoxy) is 1. The molecule has 2 nitrogen and oxygen atoms in total. The molecule has 3 heteroatoms. The molecular weight excluding hydrogens is 244 g/mol. The van der Waals surface area contributed by atoms with Crippen molar-refractivity contribution in [2.24, 2.45) is 0 Å². The van der Waals surface area contributed by atoms with Crippen LogP contribution in [0.3, 0.4) is 0 Å². The molecule has 0 heterocycles. The van der Waals surface area contributed by atoms with E-state index < -0.39 is 10.8 Å². The van der Waals surface area contributed by atoms with Gasteiger partial charge in [-0.25, -0.2) is 4.21 Å². The second-order valence-corrected chi connectivity index (χ2v) is 5.02. The van der Waals surface area contributed by atoms with Crippen molar-refractivity contribution in [1.29, 1.82) is 0 Å². The van der Waals surface area contributed by atoms with E-state index in [0.717, 1.165) is 16.2 Å². The van der Waals surface area contributed by atoms with E-state index in [9.17, 15) is 4.21 Å². The average Bonchev–Trinajstić information content (AvgIpc) is 2.46. The van der Waals surface area contributed by atoms with Gasteiger partial charge in [0.1, 0.15) is 5.75 Å². The predicted molar refractivity (Wildman–Crippen MR) is 74.9 cm³/mol. The second-order valence-electron chi connectivity index (χ2n) is 3.69. The zero-order valence-electron chi connectivity index (χ0n) is 10.1. The summed E-state index contributed by atoms with van der Waals surface area (Å²) >= 11 is 0. The van der Waals surface area contributed by atoms with Crippen LogP contribution in [0.2, 0.25) is 0 Å². The maximum Gasteiger partial charge on any atom is 0.118 e. The van der Waals surface area contributed by atoms with Crippen molar-refractivity contribution in [2.45, 2.75) is 4.90 Å². The third-order valence-corrected chi connectivity index (χ3v) is 3.60. The molecule has 0 N–H and O–H groups in total. The van der Waals surface area contributed by atoms with Crippen LogP contribution in [0, 0.1) is 0 Å². The Kier molecular flexibility index (Phi) is 4.31. The molecule has 1 atom stereocenters. The van der Waals surface area contributed by atoms with Crippen molar-refractivity contribution >= 4 is 16.9 Å². The quantitative estimate of drug-likeness (QED) is 0.839. The Morgan fingerprint density at radius 2 is 1.67 bits per heavy atom. The van der Waals surface area contributed by atoms with E-state index in [4.69, 9.17) is 4.74 Å². The van der Waals surface area contributed by atoms with E-state index in [0.29, 0.717) is 0 Å². The first-order valence-corrected chi connectivity index (χ1v) is 6.79. The molecule has 0 fully saturated rings. The van der Waals surface area contributed by atoms with Crippen LogP contribution in [-0.4, -0.2) is 11.3 Å². The Morgan fingerprint density at radius 1 is 1.00 bits per heavy atom. The summed E-state index contributed by atoms with van der Waals surface area (Å²) in [6.45, 7) is 0. The summed E-state index contributed by atoms with van der Waals surface area (Å²) in [6, 6.07) is 17.0. The zero-order chi connectivity index (χ0) is 12.8. The number of benzene rings is 2. The number of methoxy groups -OCH3 is 1. The van der Waals surface area contributed by atoms with Gasteiger partial charge in [0.15, 0.2) is 0 Å². The van der Waals surface area contributed by atoms with Crippen LogP contribution in [0.5, 0.6) is 5.75 Å². The maximum absolute atomic E-state index is 11.9. The summed E-state index contributed by atoms with van der Waals surface area (Å²) in [5, 5.41) is 1.69. The maximum atomic E-state index is 11.9. The fraction of sp³-hybridized carbons (Fsp3) is 0.0667. The van der Waals surface area contributed by atoms with Crippen molar-refractivity contribution in [1.82, 2.24) is 0 Å². The van der Waals surface area contributed by atoms with Gasteiger partial charge in [-0.3, -0.25) is 0 Å². The Balaban J connectivity index is 2.08. The smallest absolute Gasteiger partial charge is 0.118 e. The Labute approximate surface area is 109 Å². The largest absolute Gasteiger partial charge is 0.497 e. The Morgan fingerprint density at radius 3 is 2.28 bits per heavy atom. The minimum absolute atomic E-state index is 0.808. The molecule has 0 radical (unpaired) electrons. The molecule has 0 aliphatic heterocycles. The standard InChI is InChI=1S/C15H14O2S/c1-17-14-9-7-13(8-10-14)11-12-18(16)15-5-3-2-4-6-15/h2-12H,1H3/b12-11-/t18-/m1/s1. The highest BCUT2D eigenvalue weighted by Gasteiger charge is 1.97. The van der Waals surface area contributed by atoms with Crippen LogP contribution < -0.4 is 4.74 Å². The van der Waals surface area contributed by atoms with Gasteiger partial charge in [0.05, 0.1) is 17.9 Å². The molecule has 2 aromatic rings. The first-order chi connectivity index (χ1) is 8.79. The van der Waals surface area contributed by atoms with Gasteiger partial charge >= 0.3 is 0 Å². The van der Waals surface area contributed by atoms with Crippen molar-refractivity contribution in [2.75, 3.05) is 7.11 Å². The van der Waals surface area contributed by atoms with Gasteiger partial charge in [-0.05, 0) is 35.9 Å². The molecule has 0 unspecified atom stereocenters. The Bertz CT molecular complexity index is 544. The number of hydrogen-bond donors (Lipinski definition) is 0. The molecular formula is C15H14O2S. The molecule has 0 spiro atoms. The normalized spacial score (nSPS) is 12.5. The van der Waals surface area contributed by atoms with Gasteiger partial charge in [-0.2, -0.15) is 0 Å². The van der Waals surface area contributed by atoms with Crippen LogP contribution >= 0.6 is 0 Å².